The molecular weight excluding hydrogens is 208 g/mol. The summed E-state index contributed by atoms with van der Waals surface area (Å²) in [6.45, 7) is 0. The second-order valence-electron chi connectivity index (χ2n) is 2.45. The summed E-state index contributed by atoms with van der Waals surface area (Å²) in [6, 6.07) is 8.30. The molecule has 0 saturated heterocycles. The van der Waals surface area contributed by atoms with Crippen LogP contribution in [-0.4, -0.2) is 42.4 Å². The smallest absolute Gasteiger partial charge is 0.335 e. The number of carbonyl (C=O) groups is 1. The molecule has 0 radical (unpaired) electrons. The molecule has 0 bridgehead atoms. The number of hydrogen-bond donors (Lipinski definition) is 1. The van der Waals surface area contributed by atoms with Gasteiger partial charge in [0.25, 0.3) is 0 Å². The van der Waals surface area contributed by atoms with Crippen LogP contribution in [0.1, 0.15) is 10.4 Å². The van der Waals surface area contributed by atoms with E-state index in [2.05, 4.69) is 0 Å². The summed E-state index contributed by atoms with van der Waals surface area (Å²) in [5, 5.41) is 8.38. The van der Waals surface area contributed by atoms with Crippen LogP contribution in [0.2, 0.25) is 0 Å². The normalized spacial score (nSPS) is 10.1. The molecule has 0 amide bonds. The third kappa shape index (κ3) is 9.57. The monoisotopic (exact) mass is 214 g/mol. The van der Waals surface area contributed by atoms with Crippen LogP contribution in [0, 0.1) is 0 Å². The minimum atomic E-state index is -3.86. The minimum absolute atomic E-state index is 0.331. The van der Waals surface area contributed by atoms with E-state index < -0.39 is 37.3 Å². The van der Waals surface area contributed by atoms with Gasteiger partial charge in [0.2, 0.25) is 0 Å². The number of hydrogen-bond acceptors (Lipinski definition) is 1. The van der Waals surface area contributed by atoms with Crippen molar-refractivity contribution in [1.29, 1.82) is 0 Å². The molecule has 0 aliphatic carbocycles. The van der Waals surface area contributed by atoms with Crippen LogP contribution in [0.5, 0.6) is 0 Å². The quantitative estimate of drug-likeness (QED) is 0.726. The van der Waals surface area contributed by atoms with Crippen molar-refractivity contribution in [2.45, 2.75) is 3.43 Å². The Kier molecular flexibility index (Phi) is 5.83. The average Bonchev–Trinajstić information content (AvgIpc) is 2.03. The number of benzene rings is 1. The number of aromatic carboxylic acids is 1. The van der Waals surface area contributed by atoms with Crippen LogP contribution in [0.25, 0.3) is 0 Å². The molecule has 0 fully saturated rings. The standard InChI is InChI=1S/C7H6O2.CF3.Na/c8-7(9)6-4-2-1-3-5-6;2-1(3)4;/h1-5H,(H,8,9);;. The van der Waals surface area contributed by atoms with Crippen LogP contribution >= 0.6 is 0 Å². The zero-order chi connectivity index (χ0) is 11.2. The predicted octanol–water partition coefficient (Wildman–Crippen LogP) is 2.06. The molecule has 1 aromatic rings. The minimum Gasteiger partial charge on any atom is -0.478 e. The van der Waals surface area contributed by atoms with Gasteiger partial charge < -0.3 is 5.11 Å². The summed E-state index contributed by atoms with van der Waals surface area (Å²) in [6.07, 6.45) is 0. The van der Waals surface area contributed by atoms with E-state index in [0.717, 1.165) is 0 Å². The fraction of sp³-hybridized carbons (Fsp3) is 0.125. The van der Waals surface area contributed by atoms with E-state index in [1.54, 1.807) is 30.3 Å². The molecule has 0 aliphatic heterocycles. The molecular formula is C8H6F3NaO2. The SMILES string of the molecule is F[C](F)(F)[Na].O=C(O)c1ccccc1. The Hall–Kier alpha value is -0.520. The summed E-state index contributed by atoms with van der Waals surface area (Å²) in [5.74, 6) is -0.879. The van der Waals surface area contributed by atoms with Crippen LogP contribution < -0.4 is 0 Å². The maximum atomic E-state index is 10.4. The second-order valence-corrected chi connectivity index (χ2v) is 3.59. The third-order valence-corrected chi connectivity index (χ3v) is 1.02. The molecule has 0 aromatic heterocycles. The van der Waals surface area contributed by atoms with E-state index in [1.807, 2.05) is 0 Å². The Bertz CT molecular complexity index is 278. The molecule has 0 atom stereocenters. The molecule has 1 rings (SSSR count). The Morgan fingerprint density at radius 2 is 1.57 bits per heavy atom. The number of carboxylic acids is 1. The van der Waals surface area contributed by atoms with E-state index in [1.165, 1.54) is 0 Å². The van der Waals surface area contributed by atoms with Gasteiger partial charge in [0.1, 0.15) is 0 Å². The van der Waals surface area contributed by atoms with Gasteiger partial charge in [0.15, 0.2) is 0 Å². The molecule has 0 heterocycles. The van der Waals surface area contributed by atoms with Crippen molar-refractivity contribution in [3.63, 3.8) is 0 Å². The molecule has 72 valence electrons. The van der Waals surface area contributed by atoms with Gasteiger partial charge in [0, 0.05) is 0 Å². The maximum absolute atomic E-state index is 10.4. The summed E-state index contributed by atoms with van der Waals surface area (Å²) < 4.78 is 27.4. The first-order chi connectivity index (χ1) is 6.30. The molecule has 14 heavy (non-hydrogen) atoms. The topological polar surface area (TPSA) is 37.3 Å². The fourth-order valence-electron chi connectivity index (χ4n) is 0.581. The number of rotatable bonds is 1. The van der Waals surface area contributed by atoms with E-state index in [-0.39, 0.29) is 0 Å². The van der Waals surface area contributed by atoms with E-state index in [4.69, 9.17) is 5.11 Å². The zero-order valence-corrected chi connectivity index (χ0v) is 9.38. The van der Waals surface area contributed by atoms with Crippen molar-refractivity contribution < 1.29 is 23.1 Å². The number of alkyl halides is 3. The molecule has 0 unspecified atom stereocenters. The molecule has 6 heteroatoms. The van der Waals surface area contributed by atoms with Crippen LogP contribution in [0.4, 0.5) is 13.2 Å². The molecule has 0 saturated carbocycles. The summed E-state index contributed by atoms with van der Waals surface area (Å²) in [5.41, 5.74) is 0.331. The molecule has 2 nitrogen and oxygen atoms in total. The first-order valence-corrected chi connectivity index (χ1v) is 4.66. The average molecular weight is 214 g/mol. The van der Waals surface area contributed by atoms with Crippen molar-refractivity contribution in [3.8, 4) is 0 Å². The van der Waals surface area contributed by atoms with Gasteiger partial charge in [-0.1, -0.05) is 18.2 Å². The largest absolute Gasteiger partial charge is 0.478 e. The van der Waals surface area contributed by atoms with Crippen LogP contribution in [0.3, 0.4) is 0 Å². The van der Waals surface area contributed by atoms with E-state index in [9.17, 15) is 18.0 Å². The van der Waals surface area contributed by atoms with Gasteiger partial charge in [-0.25, -0.2) is 4.79 Å². The Labute approximate surface area is 96.2 Å². The Morgan fingerprint density at radius 1 is 1.21 bits per heavy atom. The Balaban J connectivity index is 0.000000292. The molecule has 0 aliphatic rings. The van der Waals surface area contributed by atoms with Crippen molar-refractivity contribution >= 4 is 33.9 Å². The summed E-state index contributed by atoms with van der Waals surface area (Å²) in [7, 11) is 0. The van der Waals surface area contributed by atoms with E-state index >= 15 is 0 Å². The fourth-order valence-corrected chi connectivity index (χ4v) is 0.581. The van der Waals surface area contributed by atoms with Crippen molar-refractivity contribution in [2.75, 3.05) is 0 Å². The second kappa shape index (κ2) is 6.06. The predicted molar refractivity (Wildman–Crippen MR) is 45.2 cm³/mol. The van der Waals surface area contributed by atoms with Gasteiger partial charge in [-0.3, -0.25) is 0 Å². The van der Waals surface area contributed by atoms with Gasteiger partial charge in [-0.15, -0.1) is 0 Å². The van der Waals surface area contributed by atoms with Gasteiger partial charge >= 0.3 is 50.5 Å². The number of carboxylic acid groups (broad SMARTS) is 1. The van der Waals surface area contributed by atoms with Crippen molar-refractivity contribution in [3.05, 3.63) is 35.9 Å². The maximum Gasteiger partial charge on any atom is 0.335 e. The molecule has 1 aromatic carbocycles. The zero-order valence-electron chi connectivity index (χ0n) is 7.38. The first kappa shape index (κ1) is 13.5. The first-order valence-electron chi connectivity index (χ1n) is 3.66. The summed E-state index contributed by atoms with van der Waals surface area (Å²) in [4.78, 5) is 10.2. The van der Waals surface area contributed by atoms with Crippen molar-refractivity contribution in [2.24, 2.45) is 0 Å². The van der Waals surface area contributed by atoms with Gasteiger partial charge in [0.05, 0.1) is 5.56 Å². The van der Waals surface area contributed by atoms with Crippen LogP contribution in [-0.2, 0) is 0 Å². The number of halogens is 3. The summed E-state index contributed by atoms with van der Waals surface area (Å²) >= 11 is -0.692. The van der Waals surface area contributed by atoms with Gasteiger partial charge in [-0.2, -0.15) is 0 Å². The van der Waals surface area contributed by atoms with Gasteiger partial charge in [-0.05, 0) is 12.1 Å². The Morgan fingerprint density at radius 3 is 1.79 bits per heavy atom. The molecule has 1 N–H and O–H groups in total. The van der Waals surface area contributed by atoms with E-state index in [0.29, 0.717) is 5.56 Å². The van der Waals surface area contributed by atoms with Crippen molar-refractivity contribution in [1.82, 2.24) is 0 Å². The third-order valence-electron chi connectivity index (χ3n) is 1.02. The molecule has 0 spiro atoms. The van der Waals surface area contributed by atoms with Crippen LogP contribution in [0.15, 0.2) is 30.3 Å².